The molecule has 0 unspecified atom stereocenters. The first-order valence-electron chi connectivity index (χ1n) is 10.8. The number of carbonyl (C=O) groups excluding carboxylic acids is 2. The van der Waals surface area contributed by atoms with Crippen molar-refractivity contribution < 1.29 is 32.6 Å². The Morgan fingerprint density at radius 2 is 1.83 bits per heavy atom. The third kappa shape index (κ3) is 2.50. The van der Waals surface area contributed by atoms with Gasteiger partial charge in [0.25, 0.3) is 5.78 Å². The number of aliphatic hydroxyl groups excluding tert-OH is 1. The van der Waals surface area contributed by atoms with Crippen LogP contribution in [0.25, 0.3) is 0 Å². The molecule has 0 saturated heterocycles. The Balaban J connectivity index is 1.77. The van der Waals surface area contributed by atoms with Gasteiger partial charge in [0.1, 0.15) is 5.60 Å². The largest absolute Gasteiger partial charge is 0.459 e. The summed E-state index contributed by atoms with van der Waals surface area (Å²) in [4.78, 5) is 23.9. The van der Waals surface area contributed by atoms with Gasteiger partial charge in [-0.15, -0.1) is 0 Å². The quantitative estimate of drug-likeness (QED) is 0.640. The molecular weight excluding hydrogens is 397 g/mol. The molecular formula is C23H29F3O4. The minimum absolute atomic E-state index is 0.00971. The summed E-state index contributed by atoms with van der Waals surface area (Å²) in [6, 6.07) is 0. The van der Waals surface area contributed by atoms with E-state index in [9.17, 15) is 23.5 Å². The SMILES string of the molecule is CCC(=O)O[C@@]1(C)CC[C@H]2[C@@H]3CCC4=C(F)C(=O)C(F)=C(F)[C@]4(C)[C@H]3[C@@H](O)C[C@@]21C. The van der Waals surface area contributed by atoms with Gasteiger partial charge in [0.15, 0.2) is 11.7 Å². The maximum atomic E-state index is 15.2. The van der Waals surface area contributed by atoms with Gasteiger partial charge in [-0.05, 0) is 63.4 Å². The Labute approximate surface area is 174 Å². The lowest BCUT2D eigenvalue weighted by Crippen LogP contribution is -2.60. The number of carbonyl (C=O) groups is 2. The topological polar surface area (TPSA) is 63.6 Å². The maximum Gasteiger partial charge on any atom is 0.306 e. The molecule has 0 aromatic heterocycles. The highest BCUT2D eigenvalue weighted by Gasteiger charge is 2.68. The lowest BCUT2D eigenvalue weighted by Gasteiger charge is -2.60. The zero-order valence-electron chi connectivity index (χ0n) is 17.9. The number of fused-ring (bicyclic) bond motifs is 5. The third-order valence-electron chi connectivity index (χ3n) is 8.95. The van der Waals surface area contributed by atoms with E-state index < -0.39 is 51.7 Å². The molecule has 1 N–H and O–H groups in total. The van der Waals surface area contributed by atoms with E-state index in [2.05, 4.69) is 0 Å². The van der Waals surface area contributed by atoms with E-state index in [1.807, 2.05) is 13.8 Å². The number of halogens is 3. The number of hydrogen-bond acceptors (Lipinski definition) is 4. The zero-order chi connectivity index (χ0) is 22.2. The lowest BCUT2D eigenvalue weighted by molar-refractivity contribution is -0.192. The van der Waals surface area contributed by atoms with Gasteiger partial charge in [0, 0.05) is 17.8 Å². The van der Waals surface area contributed by atoms with Crippen LogP contribution in [0, 0.1) is 28.6 Å². The maximum absolute atomic E-state index is 15.2. The van der Waals surface area contributed by atoms with E-state index in [1.54, 1.807) is 6.92 Å². The Bertz CT molecular complexity index is 880. The highest BCUT2D eigenvalue weighted by Crippen LogP contribution is 2.69. The lowest BCUT2D eigenvalue weighted by atomic mass is 9.46. The average molecular weight is 426 g/mol. The molecule has 7 heteroatoms. The van der Waals surface area contributed by atoms with Crippen LogP contribution in [-0.2, 0) is 14.3 Å². The van der Waals surface area contributed by atoms with E-state index in [-0.39, 0.29) is 42.6 Å². The van der Waals surface area contributed by atoms with Crippen LogP contribution < -0.4 is 0 Å². The van der Waals surface area contributed by atoms with Crippen molar-refractivity contribution in [2.75, 3.05) is 0 Å². The van der Waals surface area contributed by atoms with Gasteiger partial charge in [-0.2, -0.15) is 4.39 Å². The number of ether oxygens (including phenoxy) is 1. The molecule has 4 aliphatic rings. The van der Waals surface area contributed by atoms with Gasteiger partial charge in [-0.3, -0.25) is 9.59 Å². The second-order valence-corrected chi connectivity index (χ2v) is 10.1. The van der Waals surface area contributed by atoms with Gasteiger partial charge >= 0.3 is 5.97 Å². The fourth-order valence-corrected chi connectivity index (χ4v) is 7.21. The summed E-state index contributed by atoms with van der Waals surface area (Å²) in [6.07, 6.45) is 1.39. The Hall–Kier alpha value is -1.63. The predicted molar refractivity (Wildman–Crippen MR) is 103 cm³/mol. The highest BCUT2D eigenvalue weighted by molar-refractivity contribution is 6.07. The van der Waals surface area contributed by atoms with E-state index in [0.29, 0.717) is 12.8 Å². The number of rotatable bonds is 2. The van der Waals surface area contributed by atoms with Gasteiger partial charge in [-0.1, -0.05) is 13.8 Å². The zero-order valence-corrected chi connectivity index (χ0v) is 17.9. The fourth-order valence-electron chi connectivity index (χ4n) is 7.21. The summed E-state index contributed by atoms with van der Waals surface area (Å²) in [7, 11) is 0. The molecule has 0 bridgehead atoms. The first kappa shape index (κ1) is 21.6. The molecule has 0 spiro atoms. The van der Waals surface area contributed by atoms with E-state index in [0.717, 1.165) is 6.42 Å². The van der Waals surface area contributed by atoms with E-state index in [1.165, 1.54) is 6.92 Å². The average Bonchev–Trinajstić information content (AvgIpc) is 2.94. The summed E-state index contributed by atoms with van der Waals surface area (Å²) in [5, 5.41) is 11.2. The van der Waals surface area contributed by atoms with Crippen molar-refractivity contribution in [1.82, 2.24) is 0 Å². The van der Waals surface area contributed by atoms with Gasteiger partial charge in [-0.25, -0.2) is 8.78 Å². The monoisotopic (exact) mass is 426 g/mol. The minimum Gasteiger partial charge on any atom is -0.459 e. The first-order valence-corrected chi connectivity index (χ1v) is 10.8. The summed E-state index contributed by atoms with van der Waals surface area (Å²) in [6.45, 7) is 7.03. The Morgan fingerprint density at radius 1 is 1.17 bits per heavy atom. The molecule has 0 radical (unpaired) electrons. The van der Waals surface area contributed by atoms with Crippen LogP contribution in [0.2, 0.25) is 0 Å². The molecule has 3 saturated carbocycles. The summed E-state index contributed by atoms with van der Waals surface area (Å²) < 4.78 is 50.0. The predicted octanol–water partition coefficient (Wildman–Crippen LogP) is 4.87. The molecule has 0 amide bonds. The smallest absolute Gasteiger partial charge is 0.306 e. The van der Waals surface area contributed by atoms with Crippen molar-refractivity contribution in [3.63, 3.8) is 0 Å². The molecule has 4 nitrogen and oxygen atoms in total. The number of aliphatic hydroxyl groups is 1. The molecule has 0 aliphatic heterocycles. The van der Waals surface area contributed by atoms with Crippen LogP contribution >= 0.6 is 0 Å². The van der Waals surface area contributed by atoms with Crippen molar-refractivity contribution in [1.29, 1.82) is 0 Å². The summed E-state index contributed by atoms with van der Waals surface area (Å²) in [5.74, 6) is -6.94. The normalized spacial score (nSPS) is 45.8. The third-order valence-corrected chi connectivity index (χ3v) is 8.95. The number of esters is 1. The number of allylic oxidation sites excluding steroid dienone is 4. The van der Waals surface area contributed by atoms with E-state index >= 15 is 4.39 Å². The van der Waals surface area contributed by atoms with Crippen LogP contribution in [0.15, 0.2) is 23.1 Å². The molecule has 0 aromatic rings. The second kappa shape index (κ2) is 6.68. The van der Waals surface area contributed by atoms with Gasteiger partial charge in [0.05, 0.1) is 11.5 Å². The van der Waals surface area contributed by atoms with Crippen molar-refractivity contribution in [2.24, 2.45) is 28.6 Å². The van der Waals surface area contributed by atoms with Crippen molar-refractivity contribution >= 4 is 11.8 Å². The van der Waals surface area contributed by atoms with Gasteiger partial charge < -0.3 is 9.84 Å². The van der Waals surface area contributed by atoms with Crippen LogP contribution in [0.1, 0.15) is 66.2 Å². The molecule has 7 atom stereocenters. The standard InChI is InChI=1S/C23H29F3O4/c1-5-15(28)30-22(3)9-8-12-11-6-7-13-17(24)19(29)18(25)20(26)23(13,4)16(11)14(27)10-21(12,22)2/h11-12,14,16,27H,5-10H2,1-4H3/t11-,12-,14-,16+,21-,22-,23-/m0/s1. The number of Topliss-reactive ketones (excluding diaryl/α,β-unsaturated/α-hetero) is 1. The van der Waals surface area contributed by atoms with Gasteiger partial charge in [0.2, 0.25) is 5.83 Å². The minimum atomic E-state index is -1.69. The number of hydrogen-bond donors (Lipinski definition) is 1. The summed E-state index contributed by atoms with van der Waals surface area (Å²) in [5.41, 5.74) is -3.00. The molecule has 4 rings (SSSR count). The number of ketones is 1. The second-order valence-electron chi connectivity index (χ2n) is 10.1. The highest BCUT2D eigenvalue weighted by atomic mass is 19.2. The van der Waals surface area contributed by atoms with Crippen LogP contribution in [0.5, 0.6) is 0 Å². The molecule has 3 fully saturated rings. The Kier molecular flexibility index (Phi) is 4.81. The van der Waals surface area contributed by atoms with Crippen molar-refractivity contribution in [2.45, 2.75) is 77.9 Å². The van der Waals surface area contributed by atoms with Crippen LogP contribution in [0.4, 0.5) is 13.2 Å². The first-order chi connectivity index (χ1) is 13.9. The van der Waals surface area contributed by atoms with Crippen molar-refractivity contribution in [3.05, 3.63) is 23.1 Å². The Morgan fingerprint density at radius 3 is 2.47 bits per heavy atom. The van der Waals surface area contributed by atoms with Crippen molar-refractivity contribution in [3.8, 4) is 0 Å². The fraction of sp³-hybridized carbons (Fsp3) is 0.739. The molecule has 0 heterocycles. The molecule has 0 aromatic carbocycles. The molecule has 166 valence electrons. The van der Waals surface area contributed by atoms with Crippen LogP contribution in [0.3, 0.4) is 0 Å². The molecule has 30 heavy (non-hydrogen) atoms. The molecule has 4 aliphatic carbocycles. The van der Waals surface area contributed by atoms with Crippen LogP contribution in [-0.4, -0.2) is 28.6 Å². The van der Waals surface area contributed by atoms with E-state index in [4.69, 9.17) is 4.74 Å². The summed E-state index contributed by atoms with van der Waals surface area (Å²) >= 11 is 0.